The van der Waals surface area contributed by atoms with Crippen molar-refractivity contribution >= 4 is 44.7 Å². The van der Waals surface area contributed by atoms with Crippen LogP contribution in [0.3, 0.4) is 0 Å². The van der Waals surface area contributed by atoms with E-state index in [1.807, 2.05) is 13.0 Å². The van der Waals surface area contributed by atoms with Crippen molar-refractivity contribution in [3.05, 3.63) is 38.6 Å². The highest BCUT2D eigenvalue weighted by atomic mass is 79.9. The van der Waals surface area contributed by atoms with Crippen LogP contribution in [0.25, 0.3) is 0 Å². The zero-order chi connectivity index (χ0) is 12.4. The molecule has 2 heterocycles. The van der Waals surface area contributed by atoms with Gasteiger partial charge in [-0.1, -0.05) is 0 Å². The van der Waals surface area contributed by atoms with Crippen molar-refractivity contribution in [3.63, 3.8) is 0 Å². The molecule has 0 spiro atoms. The number of rotatable bonds is 2. The highest BCUT2D eigenvalue weighted by Crippen LogP contribution is 2.21. The molecule has 0 bridgehead atoms. The molecular formula is C11H10BrN3OS. The van der Waals surface area contributed by atoms with Gasteiger partial charge >= 0.3 is 0 Å². The molecule has 2 aromatic heterocycles. The SMILES string of the molecule is Cc1nc(NC(=O)c2sccc2N)ccc1Br. The smallest absolute Gasteiger partial charge is 0.269 e. The van der Waals surface area contributed by atoms with Crippen molar-refractivity contribution in [1.82, 2.24) is 4.98 Å². The number of carbonyl (C=O) groups excluding carboxylic acids is 1. The van der Waals surface area contributed by atoms with Crippen LogP contribution < -0.4 is 11.1 Å². The van der Waals surface area contributed by atoms with Crippen molar-refractivity contribution < 1.29 is 4.79 Å². The molecular weight excluding hydrogens is 302 g/mol. The van der Waals surface area contributed by atoms with Crippen LogP contribution in [-0.4, -0.2) is 10.9 Å². The molecule has 0 saturated carbocycles. The molecule has 0 atom stereocenters. The van der Waals surface area contributed by atoms with Gasteiger partial charge in [0.2, 0.25) is 0 Å². The minimum Gasteiger partial charge on any atom is -0.397 e. The summed E-state index contributed by atoms with van der Waals surface area (Å²) < 4.78 is 0.908. The number of nitrogens with two attached hydrogens (primary N) is 1. The topological polar surface area (TPSA) is 68.0 Å². The second-order valence-electron chi connectivity index (χ2n) is 3.42. The number of halogens is 1. The number of amides is 1. The lowest BCUT2D eigenvalue weighted by Crippen LogP contribution is -2.13. The number of hydrogen-bond donors (Lipinski definition) is 2. The summed E-state index contributed by atoms with van der Waals surface area (Å²) in [5.74, 6) is 0.287. The molecule has 0 radical (unpaired) electrons. The summed E-state index contributed by atoms with van der Waals surface area (Å²) in [6.45, 7) is 1.86. The van der Waals surface area contributed by atoms with Crippen molar-refractivity contribution in [3.8, 4) is 0 Å². The molecule has 3 N–H and O–H groups in total. The summed E-state index contributed by atoms with van der Waals surface area (Å²) in [6.07, 6.45) is 0. The van der Waals surface area contributed by atoms with Gasteiger partial charge in [-0.3, -0.25) is 4.79 Å². The predicted octanol–water partition coefficient (Wildman–Crippen LogP) is 3.05. The molecule has 1 amide bonds. The largest absolute Gasteiger partial charge is 0.397 e. The van der Waals surface area contributed by atoms with Gasteiger partial charge in [0.25, 0.3) is 5.91 Å². The lowest BCUT2D eigenvalue weighted by molar-refractivity contribution is 0.103. The molecule has 88 valence electrons. The molecule has 0 saturated heterocycles. The number of nitrogens with zero attached hydrogens (tertiary/aromatic N) is 1. The van der Waals surface area contributed by atoms with E-state index in [1.165, 1.54) is 11.3 Å². The second kappa shape index (κ2) is 4.85. The third-order valence-corrected chi connectivity index (χ3v) is 3.93. The highest BCUT2D eigenvalue weighted by molar-refractivity contribution is 9.10. The van der Waals surface area contributed by atoms with E-state index in [2.05, 4.69) is 26.2 Å². The second-order valence-corrected chi connectivity index (χ2v) is 5.19. The average molecular weight is 312 g/mol. The summed E-state index contributed by atoms with van der Waals surface area (Å²) in [7, 11) is 0. The van der Waals surface area contributed by atoms with Crippen molar-refractivity contribution in [2.24, 2.45) is 0 Å². The normalized spacial score (nSPS) is 10.2. The highest BCUT2D eigenvalue weighted by Gasteiger charge is 2.12. The molecule has 2 rings (SSSR count). The average Bonchev–Trinajstić information content (AvgIpc) is 2.70. The van der Waals surface area contributed by atoms with E-state index >= 15 is 0 Å². The fraction of sp³-hybridized carbons (Fsp3) is 0.0909. The number of aryl methyl sites for hydroxylation is 1. The monoisotopic (exact) mass is 311 g/mol. The van der Waals surface area contributed by atoms with Crippen molar-refractivity contribution in [2.75, 3.05) is 11.1 Å². The van der Waals surface area contributed by atoms with Gasteiger partial charge in [-0.05, 0) is 46.4 Å². The number of anilines is 2. The molecule has 0 unspecified atom stereocenters. The van der Waals surface area contributed by atoms with Crippen LogP contribution in [-0.2, 0) is 0 Å². The minimum absolute atomic E-state index is 0.230. The van der Waals surface area contributed by atoms with E-state index in [0.717, 1.165) is 10.2 Å². The lowest BCUT2D eigenvalue weighted by Gasteiger charge is -2.05. The molecule has 2 aromatic rings. The van der Waals surface area contributed by atoms with Crippen LogP contribution in [0.5, 0.6) is 0 Å². The summed E-state index contributed by atoms with van der Waals surface area (Å²) in [6, 6.07) is 5.29. The van der Waals surface area contributed by atoms with Gasteiger partial charge in [-0.2, -0.15) is 0 Å². The lowest BCUT2D eigenvalue weighted by atomic mass is 10.3. The Morgan fingerprint density at radius 2 is 2.24 bits per heavy atom. The summed E-state index contributed by atoms with van der Waals surface area (Å²) in [5.41, 5.74) is 6.98. The van der Waals surface area contributed by atoms with Crippen molar-refractivity contribution in [2.45, 2.75) is 6.92 Å². The van der Waals surface area contributed by atoms with Crippen LogP contribution in [0.4, 0.5) is 11.5 Å². The number of nitrogens with one attached hydrogen (secondary N) is 1. The first-order chi connectivity index (χ1) is 8.08. The van der Waals surface area contributed by atoms with Gasteiger partial charge in [0, 0.05) is 4.47 Å². The van der Waals surface area contributed by atoms with E-state index in [-0.39, 0.29) is 5.91 Å². The molecule has 0 aliphatic heterocycles. The van der Waals surface area contributed by atoms with Crippen LogP contribution in [0, 0.1) is 6.92 Å². The molecule has 0 aromatic carbocycles. The Bertz CT molecular complexity index is 568. The van der Waals surface area contributed by atoms with Crippen LogP contribution in [0.1, 0.15) is 15.4 Å². The number of hydrogen-bond acceptors (Lipinski definition) is 4. The maximum Gasteiger partial charge on any atom is 0.269 e. The van der Waals surface area contributed by atoms with Gasteiger partial charge in [0.05, 0.1) is 11.4 Å². The Kier molecular flexibility index (Phi) is 3.44. The maximum atomic E-state index is 11.9. The van der Waals surface area contributed by atoms with Gasteiger partial charge in [-0.15, -0.1) is 11.3 Å². The summed E-state index contributed by atoms with van der Waals surface area (Å²) >= 11 is 4.66. The first kappa shape index (κ1) is 12.1. The fourth-order valence-corrected chi connectivity index (χ4v) is 2.22. The molecule has 4 nitrogen and oxygen atoms in total. The number of nitrogen functional groups attached to an aromatic ring is 1. The van der Waals surface area contributed by atoms with Gasteiger partial charge < -0.3 is 11.1 Å². The number of pyridine rings is 1. The molecule has 0 aliphatic carbocycles. The Labute approximate surface area is 111 Å². The Morgan fingerprint density at radius 3 is 2.82 bits per heavy atom. The van der Waals surface area contributed by atoms with Crippen LogP contribution in [0.2, 0.25) is 0 Å². The van der Waals surface area contributed by atoms with Crippen molar-refractivity contribution in [1.29, 1.82) is 0 Å². The third kappa shape index (κ3) is 2.65. The minimum atomic E-state index is -0.230. The van der Waals surface area contributed by atoms with E-state index < -0.39 is 0 Å². The van der Waals surface area contributed by atoms with Crippen LogP contribution in [0.15, 0.2) is 28.1 Å². The molecule has 6 heteroatoms. The first-order valence-corrected chi connectivity index (χ1v) is 6.52. The first-order valence-electron chi connectivity index (χ1n) is 4.85. The quantitative estimate of drug-likeness (QED) is 0.895. The Hall–Kier alpha value is -1.40. The molecule has 0 aliphatic rings. The fourth-order valence-electron chi connectivity index (χ4n) is 1.29. The number of thiophene rings is 1. The number of carbonyl (C=O) groups is 1. The zero-order valence-corrected chi connectivity index (χ0v) is 11.4. The van der Waals surface area contributed by atoms with E-state index in [1.54, 1.807) is 17.5 Å². The predicted molar refractivity (Wildman–Crippen MR) is 73.4 cm³/mol. The summed E-state index contributed by atoms with van der Waals surface area (Å²) in [4.78, 5) is 16.6. The zero-order valence-electron chi connectivity index (χ0n) is 9.03. The Balaban J connectivity index is 2.19. The number of aromatic nitrogens is 1. The molecule has 0 fully saturated rings. The van der Waals surface area contributed by atoms with Gasteiger partial charge in [0.15, 0.2) is 0 Å². The van der Waals surface area contributed by atoms with Crippen LogP contribution >= 0.6 is 27.3 Å². The maximum absolute atomic E-state index is 11.9. The Morgan fingerprint density at radius 1 is 1.47 bits per heavy atom. The summed E-state index contributed by atoms with van der Waals surface area (Å²) in [5, 5.41) is 4.49. The van der Waals surface area contributed by atoms with E-state index in [0.29, 0.717) is 16.4 Å². The van der Waals surface area contributed by atoms with E-state index in [4.69, 9.17) is 5.73 Å². The molecule has 17 heavy (non-hydrogen) atoms. The third-order valence-electron chi connectivity index (χ3n) is 2.16. The van der Waals surface area contributed by atoms with E-state index in [9.17, 15) is 4.79 Å². The van der Waals surface area contributed by atoms with Gasteiger partial charge in [0.1, 0.15) is 10.7 Å². The van der Waals surface area contributed by atoms with Gasteiger partial charge in [-0.25, -0.2) is 4.98 Å². The standard InChI is InChI=1S/C11H10BrN3OS/c1-6-7(12)2-3-9(14-6)15-11(16)10-8(13)4-5-17-10/h2-5H,13H2,1H3,(H,14,15,16).